The van der Waals surface area contributed by atoms with Gasteiger partial charge < -0.3 is 0 Å². The molecule has 0 bridgehead atoms. The van der Waals surface area contributed by atoms with Crippen LogP contribution < -0.4 is 0 Å². The highest BCUT2D eigenvalue weighted by Gasteiger charge is 2.31. The van der Waals surface area contributed by atoms with E-state index in [2.05, 4.69) is 0 Å². The van der Waals surface area contributed by atoms with Crippen LogP contribution in [0.4, 0.5) is 17.6 Å². The number of fused-ring (bicyclic) bond motifs is 1. The van der Waals surface area contributed by atoms with Gasteiger partial charge in [-0.25, -0.2) is 17.6 Å². The molecule has 38 heavy (non-hydrogen) atoms. The van der Waals surface area contributed by atoms with Crippen molar-refractivity contribution in [3.05, 3.63) is 105 Å². The third-order valence-electron chi connectivity index (χ3n) is 8.83. The molecule has 5 heteroatoms. The Morgan fingerprint density at radius 2 is 1.61 bits per heavy atom. The van der Waals surface area contributed by atoms with Crippen molar-refractivity contribution in [3.63, 3.8) is 0 Å². The molecular formula is C33H33F4N. The molecule has 5 rings (SSSR count). The fraction of sp³-hybridized carbons (Fsp3) is 0.424. The van der Waals surface area contributed by atoms with Crippen molar-refractivity contribution in [2.75, 3.05) is 0 Å². The fourth-order valence-corrected chi connectivity index (χ4v) is 6.53. The van der Waals surface area contributed by atoms with Crippen LogP contribution in [0.15, 0.2) is 42.5 Å². The minimum absolute atomic E-state index is 0.0284. The van der Waals surface area contributed by atoms with Crippen LogP contribution >= 0.6 is 0 Å². The first kappa shape index (κ1) is 26.5. The van der Waals surface area contributed by atoms with Crippen LogP contribution in [0.1, 0.15) is 96.2 Å². The summed E-state index contributed by atoms with van der Waals surface area (Å²) in [5.74, 6) is -1.31. The third-order valence-corrected chi connectivity index (χ3v) is 8.83. The standard InChI is InChI=1S/C33H33F4N/c1-2-20-3-6-23(29(34)16-20)7-4-21-5-14-28-27(15-21)18-31(36)32(33(28)37)24-10-8-22(9-11-24)25-12-13-26(19-38)30(35)17-25/h3,6,12-13,16-18,21-22,24H,2,4-5,7-11,14-15H2,1H3. The van der Waals surface area contributed by atoms with Gasteiger partial charge in [-0.2, -0.15) is 5.26 Å². The molecular weight excluding hydrogens is 486 g/mol. The largest absolute Gasteiger partial charge is 0.207 e. The van der Waals surface area contributed by atoms with E-state index < -0.39 is 11.6 Å². The summed E-state index contributed by atoms with van der Waals surface area (Å²) in [6.07, 6.45) is 6.99. The molecule has 1 nitrogen and oxygen atoms in total. The van der Waals surface area contributed by atoms with Gasteiger partial charge >= 0.3 is 0 Å². The molecule has 1 fully saturated rings. The number of nitriles is 1. The minimum atomic E-state index is -0.517. The Hall–Kier alpha value is -3.13. The second kappa shape index (κ2) is 11.3. The van der Waals surface area contributed by atoms with Crippen molar-refractivity contribution in [2.24, 2.45) is 5.92 Å². The highest BCUT2D eigenvalue weighted by molar-refractivity contribution is 5.40. The maximum absolute atomic E-state index is 15.7. The number of aryl methyl sites for hydroxylation is 2. The molecule has 0 spiro atoms. The molecule has 1 saturated carbocycles. The molecule has 3 aromatic carbocycles. The highest BCUT2D eigenvalue weighted by atomic mass is 19.1. The quantitative estimate of drug-likeness (QED) is 0.298. The van der Waals surface area contributed by atoms with E-state index in [1.807, 2.05) is 25.1 Å². The van der Waals surface area contributed by atoms with E-state index >= 15 is 8.78 Å². The summed E-state index contributed by atoms with van der Waals surface area (Å²) in [4.78, 5) is 0. The first-order chi connectivity index (χ1) is 18.4. The second-order valence-corrected chi connectivity index (χ2v) is 11.1. The van der Waals surface area contributed by atoms with Crippen LogP contribution in [0.2, 0.25) is 0 Å². The zero-order valence-electron chi connectivity index (χ0n) is 21.8. The van der Waals surface area contributed by atoms with E-state index in [0.29, 0.717) is 43.2 Å². The average Bonchev–Trinajstić information content (AvgIpc) is 2.92. The zero-order chi connectivity index (χ0) is 26.8. The Morgan fingerprint density at radius 1 is 0.842 bits per heavy atom. The Balaban J connectivity index is 1.24. The van der Waals surface area contributed by atoms with Crippen LogP contribution in [0.25, 0.3) is 0 Å². The Kier molecular flexibility index (Phi) is 7.88. The average molecular weight is 520 g/mol. The molecule has 1 unspecified atom stereocenters. The number of halogens is 4. The maximum atomic E-state index is 15.7. The van der Waals surface area contributed by atoms with Gasteiger partial charge in [-0.3, -0.25) is 0 Å². The molecule has 0 aromatic heterocycles. The minimum Gasteiger partial charge on any atom is -0.207 e. The van der Waals surface area contributed by atoms with E-state index in [1.54, 1.807) is 18.2 Å². The zero-order valence-corrected chi connectivity index (χ0v) is 21.8. The Morgan fingerprint density at radius 3 is 2.29 bits per heavy atom. The van der Waals surface area contributed by atoms with E-state index in [4.69, 9.17) is 5.26 Å². The van der Waals surface area contributed by atoms with Crippen molar-refractivity contribution >= 4 is 0 Å². The molecule has 0 amide bonds. The molecule has 0 saturated heterocycles. The summed E-state index contributed by atoms with van der Waals surface area (Å²) in [6, 6.07) is 13.5. The lowest BCUT2D eigenvalue weighted by atomic mass is 9.74. The van der Waals surface area contributed by atoms with Gasteiger partial charge in [-0.15, -0.1) is 0 Å². The van der Waals surface area contributed by atoms with Crippen molar-refractivity contribution in [1.29, 1.82) is 5.26 Å². The highest BCUT2D eigenvalue weighted by Crippen LogP contribution is 2.44. The lowest BCUT2D eigenvalue weighted by Gasteiger charge is -2.32. The van der Waals surface area contributed by atoms with Gasteiger partial charge in [0.15, 0.2) is 0 Å². The topological polar surface area (TPSA) is 23.8 Å². The van der Waals surface area contributed by atoms with Crippen LogP contribution in [-0.4, -0.2) is 0 Å². The first-order valence-corrected chi connectivity index (χ1v) is 13.8. The lowest BCUT2D eigenvalue weighted by molar-refractivity contribution is 0.368. The SMILES string of the molecule is CCc1ccc(CCC2CCc3c(cc(F)c(C4CCC(c5ccc(C#N)c(F)c5)CC4)c3F)C2)c(F)c1. The van der Waals surface area contributed by atoms with Crippen LogP contribution in [0.3, 0.4) is 0 Å². The molecule has 2 aliphatic rings. The summed E-state index contributed by atoms with van der Waals surface area (Å²) >= 11 is 0. The number of rotatable bonds is 6. The first-order valence-electron chi connectivity index (χ1n) is 13.8. The number of hydrogen-bond donors (Lipinski definition) is 0. The van der Waals surface area contributed by atoms with Crippen LogP contribution in [0.5, 0.6) is 0 Å². The smallest absolute Gasteiger partial charge is 0.141 e. The Labute approximate surface area is 222 Å². The van der Waals surface area contributed by atoms with Gasteiger partial charge in [0, 0.05) is 5.56 Å². The summed E-state index contributed by atoms with van der Waals surface area (Å²) in [7, 11) is 0. The summed E-state index contributed by atoms with van der Waals surface area (Å²) in [6.45, 7) is 2.00. The van der Waals surface area contributed by atoms with Crippen molar-refractivity contribution < 1.29 is 17.6 Å². The summed E-state index contributed by atoms with van der Waals surface area (Å²) in [5.41, 5.74) is 4.18. The van der Waals surface area contributed by atoms with E-state index in [1.165, 1.54) is 12.1 Å². The molecule has 0 heterocycles. The van der Waals surface area contributed by atoms with Gasteiger partial charge in [0.2, 0.25) is 0 Å². The molecule has 1 atom stereocenters. The predicted octanol–water partition coefficient (Wildman–Crippen LogP) is 8.86. The van der Waals surface area contributed by atoms with Gasteiger partial charge in [-0.1, -0.05) is 25.1 Å². The Bertz CT molecular complexity index is 1360. The molecule has 0 N–H and O–H groups in total. The number of hydrogen-bond acceptors (Lipinski definition) is 1. The maximum Gasteiger partial charge on any atom is 0.141 e. The van der Waals surface area contributed by atoms with E-state index in [-0.39, 0.29) is 40.5 Å². The molecule has 198 valence electrons. The second-order valence-electron chi connectivity index (χ2n) is 11.1. The van der Waals surface area contributed by atoms with E-state index in [0.717, 1.165) is 48.8 Å². The summed E-state index contributed by atoms with van der Waals surface area (Å²) in [5, 5.41) is 8.96. The monoisotopic (exact) mass is 519 g/mol. The fourth-order valence-electron chi connectivity index (χ4n) is 6.53. The molecule has 2 aliphatic carbocycles. The van der Waals surface area contributed by atoms with Gasteiger partial charge in [0.25, 0.3) is 0 Å². The molecule has 3 aromatic rings. The van der Waals surface area contributed by atoms with E-state index in [9.17, 15) is 8.78 Å². The predicted molar refractivity (Wildman–Crippen MR) is 141 cm³/mol. The van der Waals surface area contributed by atoms with Crippen molar-refractivity contribution in [3.8, 4) is 6.07 Å². The van der Waals surface area contributed by atoms with Gasteiger partial charge in [0.1, 0.15) is 29.3 Å². The lowest BCUT2D eigenvalue weighted by Crippen LogP contribution is -2.20. The summed E-state index contributed by atoms with van der Waals surface area (Å²) < 4.78 is 59.5. The van der Waals surface area contributed by atoms with Crippen molar-refractivity contribution in [1.82, 2.24) is 0 Å². The van der Waals surface area contributed by atoms with Gasteiger partial charge in [0.05, 0.1) is 5.56 Å². The van der Waals surface area contributed by atoms with Crippen LogP contribution in [0, 0.1) is 40.5 Å². The van der Waals surface area contributed by atoms with Gasteiger partial charge in [-0.05, 0) is 134 Å². The normalized spacial score (nSPS) is 21.1. The third kappa shape index (κ3) is 5.37. The number of nitrogens with zero attached hydrogens (tertiary/aromatic N) is 1. The molecule has 0 aliphatic heterocycles. The molecule has 0 radical (unpaired) electrons. The van der Waals surface area contributed by atoms with Crippen molar-refractivity contribution in [2.45, 2.75) is 83.0 Å². The van der Waals surface area contributed by atoms with Crippen LogP contribution in [-0.2, 0) is 25.7 Å². The number of benzene rings is 3.